The molecule has 66 valence electrons. The second-order valence-corrected chi connectivity index (χ2v) is 2.76. The van der Waals surface area contributed by atoms with Gasteiger partial charge < -0.3 is 9.47 Å². The molecule has 1 rings (SSSR count). The zero-order chi connectivity index (χ0) is 8.27. The minimum atomic E-state index is 0.0983. The topological polar surface area (TPSA) is 42.5 Å². The molecule has 2 atom stereocenters. The summed E-state index contributed by atoms with van der Waals surface area (Å²) in [4.78, 5) is 0. The van der Waals surface area contributed by atoms with Crippen molar-refractivity contribution in [3.05, 3.63) is 0 Å². The highest BCUT2D eigenvalue weighted by Crippen LogP contribution is 2.12. The first-order chi connectivity index (χ1) is 5.29. The van der Waals surface area contributed by atoms with Gasteiger partial charge in [-0.15, -0.1) is 0 Å². The molecule has 0 amide bonds. The first kappa shape index (κ1) is 8.93. The average molecular weight is 160 g/mol. The fraction of sp³-hybridized carbons (Fsp3) is 1.00. The Morgan fingerprint density at radius 2 is 1.55 bits per heavy atom. The van der Waals surface area contributed by atoms with Crippen LogP contribution in [0.5, 0.6) is 0 Å². The Morgan fingerprint density at radius 3 is 1.91 bits per heavy atom. The monoisotopic (exact) mass is 160 g/mol. The molecule has 0 saturated carbocycles. The van der Waals surface area contributed by atoms with Crippen LogP contribution in [0, 0.1) is 5.92 Å². The lowest BCUT2D eigenvalue weighted by Gasteiger charge is -2.35. The predicted molar refractivity (Wildman–Crippen MR) is 41.9 cm³/mol. The van der Waals surface area contributed by atoms with Gasteiger partial charge in [-0.25, -0.2) is 0 Å². The number of methoxy groups -OCH3 is 2. The van der Waals surface area contributed by atoms with Gasteiger partial charge in [0.15, 0.2) is 0 Å². The van der Waals surface area contributed by atoms with Gasteiger partial charge in [-0.2, -0.15) is 0 Å². The maximum Gasteiger partial charge on any atom is 0.115 e. The highest BCUT2D eigenvalue weighted by molar-refractivity contribution is 4.76. The molecule has 0 radical (unpaired) electrons. The minimum absolute atomic E-state index is 0.0983. The van der Waals surface area contributed by atoms with Gasteiger partial charge in [0.2, 0.25) is 0 Å². The van der Waals surface area contributed by atoms with E-state index in [1.165, 1.54) is 0 Å². The molecule has 1 heterocycles. The molecule has 4 heteroatoms. The molecule has 0 bridgehead atoms. The molecule has 1 saturated heterocycles. The number of ether oxygens (including phenoxy) is 2. The summed E-state index contributed by atoms with van der Waals surface area (Å²) in [7, 11) is 3.40. The zero-order valence-corrected chi connectivity index (χ0v) is 7.26. The van der Waals surface area contributed by atoms with Gasteiger partial charge in [-0.05, 0) is 0 Å². The Balaban J connectivity index is 2.45. The van der Waals surface area contributed by atoms with E-state index in [-0.39, 0.29) is 12.5 Å². The summed E-state index contributed by atoms with van der Waals surface area (Å²) in [6.07, 6.45) is 0.197. The highest BCUT2D eigenvalue weighted by Gasteiger charge is 2.28. The van der Waals surface area contributed by atoms with Crippen molar-refractivity contribution in [3.8, 4) is 0 Å². The van der Waals surface area contributed by atoms with Crippen molar-refractivity contribution in [3.63, 3.8) is 0 Å². The predicted octanol–water partition coefficient (Wildman–Crippen LogP) is -0.282. The molecule has 4 nitrogen and oxygen atoms in total. The Bertz CT molecular complexity index is 109. The van der Waals surface area contributed by atoms with E-state index in [2.05, 4.69) is 17.6 Å². The molecular formula is C7H16N2O2. The van der Waals surface area contributed by atoms with E-state index in [9.17, 15) is 0 Å². The summed E-state index contributed by atoms with van der Waals surface area (Å²) in [5, 5.41) is 6.34. The van der Waals surface area contributed by atoms with Crippen LogP contribution in [-0.4, -0.2) is 33.3 Å². The lowest BCUT2D eigenvalue weighted by molar-refractivity contribution is -0.0809. The van der Waals surface area contributed by atoms with Gasteiger partial charge in [-0.3, -0.25) is 10.6 Å². The molecule has 0 aliphatic carbocycles. The maximum atomic E-state index is 5.20. The first-order valence-electron chi connectivity index (χ1n) is 3.82. The van der Waals surface area contributed by atoms with Crippen LogP contribution in [0.4, 0.5) is 0 Å². The molecule has 2 N–H and O–H groups in total. The zero-order valence-electron chi connectivity index (χ0n) is 7.26. The van der Waals surface area contributed by atoms with Crippen molar-refractivity contribution in [2.24, 2.45) is 5.92 Å². The molecule has 0 spiro atoms. The van der Waals surface area contributed by atoms with Crippen molar-refractivity contribution < 1.29 is 9.47 Å². The molecule has 11 heavy (non-hydrogen) atoms. The third kappa shape index (κ3) is 1.90. The lowest BCUT2D eigenvalue weighted by atomic mass is 10.1. The molecule has 1 fully saturated rings. The summed E-state index contributed by atoms with van der Waals surface area (Å²) in [5.41, 5.74) is 0. The third-order valence-corrected chi connectivity index (χ3v) is 2.07. The number of hydrogen-bond acceptors (Lipinski definition) is 4. The van der Waals surface area contributed by atoms with E-state index in [4.69, 9.17) is 9.47 Å². The first-order valence-corrected chi connectivity index (χ1v) is 3.82. The Morgan fingerprint density at radius 1 is 1.09 bits per heavy atom. The van der Waals surface area contributed by atoms with Gasteiger partial charge in [0.1, 0.15) is 12.5 Å². The maximum absolute atomic E-state index is 5.20. The van der Waals surface area contributed by atoms with Gasteiger partial charge >= 0.3 is 0 Å². The van der Waals surface area contributed by atoms with Gasteiger partial charge in [0, 0.05) is 26.8 Å². The van der Waals surface area contributed by atoms with Crippen molar-refractivity contribution in [2.75, 3.05) is 20.9 Å². The van der Waals surface area contributed by atoms with Crippen molar-refractivity contribution in [1.29, 1.82) is 0 Å². The fourth-order valence-electron chi connectivity index (χ4n) is 1.39. The highest BCUT2D eigenvalue weighted by atomic mass is 16.5. The quantitative estimate of drug-likeness (QED) is 0.583. The third-order valence-electron chi connectivity index (χ3n) is 2.07. The molecule has 0 aromatic rings. The normalized spacial score (nSPS) is 39.0. The summed E-state index contributed by atoms with van der Waals surface area (Å²) in [5.74, 6) is 0.332. The van der Waals surface area contributed by atoms with Crippen LogP contribution in [0.2, 0.25) is 0 Å². The van der Waals surface area contributed by atoms with Crippen LogP contribution >= 0.6 is 0 Å². The van der Waals surface area contributed by atoms with Crippen molar-refractivity contribution in [2.45, 2.75) is 19.4 Å². The molecule has 0 aromatic heterocycles. The van der Waals surface area contributed by atoms with Gasteiger partial charge in [0.25, 0.3) is 0 Å². The number of hydrogen-bond donors (Lipinski definition) is 2. The molecule has 2 unspecified atom stereocenters. The lowest BCUT2D eigenvalue weighted by Crippen LogP contribution is -2.57. The average Bonchev–Trinajstić information content (AvgIpc) is 2.05. The van der Waals surface area contributed by atoms with Crippen molar-refractivity contribution in [1.82, 2.24) is 10.6 Å². The Kier molecular flexibility index (Phi) is 3.26. The number of rotatable bonds is 2. The van der Waals surface area contributed by atoms with Crippen LogP contribution < -0.4 is 10.6 Å². The molecule has 1 aliphatic heterocycles. The molecule has 1 aliphatic rings. The molecular weight excluding hydrogens is 144 g/mol. The summed E-state index contributed by atoms with van der Waals surface area (Å²) >= 11 is 0. The van der Waals surface area contributed by atoms with E-state index in [1.54, 1.807) is 14.2 Å². The Labute approximate surface area is 67.2 Å². The van der Waals surface area contributed by atoms with Crippen molar-refractivity contribution >= 4 is 0 Å². The van der Waals surface area contributed by atoms with E-state index >= 15 is 0 Å². The second kappa shape index (κ2) is 4.01. The van der Waals surface area contributed by atoms with Crippen LogP contribution in [0.1, 0.15) is 6.92 Å². The summed E-state index contributed by atoms with van der Waals surface area (Å²) in [6, 6.07) is 0. The van der Waals surface area contributed by atoms with Crippen LogP contribution in [-0.2, 0) is 9.47 Å². The van der Waals surface area contributed by atoms with E-state index in [0.717, 1.165) is 6.67 Å². The fourth-order valence-corrected chi connectivity index (χ4v) is 1.39. The second-order valence-electron chi connectivity index (χ2n) is 2.76. The van der Waals surface area contributed by atoms with Crippen LogP contribution in [0.15, 0.2) is 0 Å². The minimum Gasteiger partial charge on any atom is -0.366 e. The summed E-state index contributed by atoms with van der Waals surface area (Å²) < 4.78 is 10.4. The largest absolute Gasteiger partial charge is 0.366 e. The van der Waals surface area contributed by atoms with E-state index < -0.39 is 0 Å². The van der Waals surface area contributed by atoms with E-state index in [1.807, 2.05) is 0 Å². The van der Waals surface area contributed by atoms with Gasteiger partial charge in [-0.1, -0.05) is 6.92 Å². The number of nitrogens with one attached hydrogen (secondary N) is 2. The van der Waals surface area contributed by atoms with Crippen LogP contribution in [0.25, 0.3) is 0 Å². The Hall–Kier alpha value is -0.160. The molecule has 0 aromatic carbocycles. The summed E-state index contributed by atoms with van der Waals surface area (Å²) in [6.45, 7) is 2.82. The van der Waals surface area contributed by atoms with E-state index in [0.29, 0.717) is 5.92 Å². The standard InChI is InChI=1S/C7H16N2O2/c1-5-6(10-2)8-4-9-7(5)11-3/h5-9H,4H2,1-3H3. The smallest absolute Gasteiger partial charge is 0.115 e. The SMILES string of the molecule is COC1NCNC(OC)C1C. The van der Waals surface area contributed by atoms with Crippen LogP contribution in [0.3, 0.4) is 0 Å². The van der Waals surface area contributed by atoms with Gasteiger partial charge in [0.05, 0.1) is 0 Å².